The Morgan fingerprint density at radius 3 is 2.24 bits per heavy atom. The summed E-state index contributed by atoms with van der Waals surface area (Å²) in [7, 11) is 0. The minimum absolute atomic E-state index is 0.0951. The maximum Gasteiger partial charge on any atom is 0.278 e. The lowest BCUT2D eigenvalue weighted by atomic mass is 9.99. The van der Waals surface area contributed by atoms with Gasteiger partial charge in [0.1, 0.15) is 5.75 Å². The number of aromatic nitrogens is 1. The van der Waals surface area contributed by atoms with Gasteiger partial charge in [-0.3, -0.25) is 14.9 Å². The summed E-state index contributed by atoms with van der Waals surface area (Å²) >= 11 is 0. The number of hydrogen-bond donors (Lipinski definition) is 2. The number of nitrogens with one attached hydrogen (secondary N) is 1. The van der Waals surface area contributed by atoms with Gasteiger partial charge in [-0.1, -0.05) is 48.5 Å². The van der Waals surface area contributed by atoms with Gasteiger partial charge in [0.25, 0.3) is 11.2 Å². The molecule has 4 aromatic rings. The topological polar surface area (TPSA) is 96.2 Å². The van der Waals surface area contributed by atoms with Crippen molar-refractivity contribution in [2.75, 3.05) is 0 Å². The second-order valence-electron chi connectivity index (χ2n) is 5.66. The van der Waals surface area contributed by atoms with Crippen LogP contribution in [0, 0.1) is 10.1 Å². The number of aromatic hydroxyl groups is 1. The number of nitro benzene ring substituents is 1. The summed E-state index contributed by atoms with van der Waals surface area (Å²) in [5.74, 6) is -0.265. The van der Waals surface area contributed by atoms with E-state index in [0.29, 0.717) is 21.9 Å². The molecule has 6 heteroatoms. The summed E-state index contributed by atoms with van der Waals surface area (Å²) in [6.45, 7) is 0. The zero-order valence-corrected chi connectivity index (χ0v) is 12.9. The molecular formula is C19H12N2O4. The molecule has 0 saturated carbocycles. The number of H-pyrrole nitrogens is 1. The first-order valence-electron chi connectivity index (χ1n) is 7.58. The average Bonchev–Trinajstić information content (AvgIpc) is 2.62. The van der Waals surface area contributed by atoms with Crippen LogP contribution in [-0.2, 0) is 0 Å². The minimum Gasteiger partial charge on any atom is -0.506 e. The fraction of sp³-hybridized carbons (Fsp3) is 0. The first-order valence-corrected chi connectivity index (χ1v) is 7.58. The predicted octanol–water partition coefficient (Wildman–Crippen LogP) is 3.96. The van der Waals surface area contributed by atoms with Crippen molar-refractivity contribution in [2.24, 2.45) is 0 Å². The standard InChI is InChI=1S/C19H12N2O4/c22-18-14-10-15(21(24)25)12-8-4-5-9-13(12)17(14)20-19(23)16(18)11-6-2-1-3-7-11/h1-10H,(H2,20,22,23). The third kappa shape index (κ3) is 2.23. The van der Waals surface area contributed by atoms with E-state index in [1.807, 2.05) is 0 Å². The van der Waals surface area contributed by atoms with E-state index in [2.05, 4.69) is 4.98 Å². The van der Waals surface area contributed by atoms with Crippen LogP contribution >= 0.6 is 0 Å². The van der Waals surface area contributed by atoms with Crippen molar-refractivity contribution in [3.05, 3.63) is 81.1 Å². The van der Waals surface area contributed by atoms with E-state index in [-0.39, 0.29) is 22.4 Å². The molecule has 0 atom stereocenters. The van der Waals surface area contributed by atoms with Gasteiger partial charge in [-0.25, -0.2) is 0 Å². The van der Waals surface area contributed by atoms with Crippen LogP contribution in [0.4, 0.5) is 5.69 Å². The van der Waals surface area contributed by atoms with Crippen molar-refractivity contribution in [2.45, 2.75) is 0 Å². The maximum atomic E-state index is 12.6. The number of nitro groups is 1. The molecule has 0 fully saturated rings. The summed E-state index contributed by atoms with van der Waals surface area (Å²) in [5.41, 5.74) is 0.444. The van der Waals surface area contributed by atoms with Crippen molar-refractivity contribution in [1.29, 1.82) is 0 Å². The minimum atomic E-state index is -0.492. The Morgan fingerprint density at radius 2 is 1.56 bits per heavy atom. The number of nitrogens with zero attached hydrogens (tertiary/aromatic N) is 1. The molecule has 0 aliphatic rings. The van der Waals surface area contributed by atoms with E-state index in [1.165, 1.54) is 6.07 Å². The molecule has 1 aromatic heterocycles. The Hall–Kier alpha value is -3.67. The molecular weight excluding hydrogens is 320 g/mol. The van der Waals surface area contributed by atoms with Crippen LogP contribution in [0.25, 0.3) is 32.8 Å². The van der Waals surface area contributed by atoms with Crippen molar-refractivity contribution < 1.29 is 10.0 Å². The predicted molar refractivity (Wildman–Crippen MR) is 95.8 cm³/mol. The third-order valence-corrected chi connectivity index (χ3v) is 4.24. The van der Waals surface area contributed by atoms with Crippen LogP contribution in [-0.4, -0.2) is 15.0 Å². The Bertz CT molecular complexity index is 1200. The number of non-ortho nitro benzene ring substituents is 1. The SMILES string of the molecule is O=c1[nH]c2c(cc([N+](=O)[O-])c3ccccc32)c(O)c1-c1ccccc1. The summed E-state index contributed by atoms with van der Waals surface area (Å²) in [4.78, 5) is 26.3. The average molecular weight is 332 g/mol. The lowest BCUT2D eigenvalue weighted by Crippen LogP contribution is -2.10. The number of aromatic amines is 1. The van der Waals surface area contributed by atoms with E-state index in [4.69, 9.17) is 0 Å². The molecule has 0 bridgehead atoms. The summed E-state index contributed by atoms with van der Waals surface area (Å²) in [6.07, 6.45) is 0. The molecule has 0 radical (unpaired) electrons. The number of pyridine rings is 1. The van der Waals surface area contributed by atoms with Gasteiger partial charge < -0.3 is 10.1 Å². The largest absolute Gasteiger partial charge is 0.506 e. The molecule has 2 N–H and O–H groups in total. The number of fused-ring (bicyclic) bond motifs is 3. The molecule has 4 rings (SSSR count). The zero-order chi connectivity index (χ0) is 17.6. The van der Waals surface area contributed by atoms with Crippen LogP contribution in [0.1, 0.15) is 0 Å². The van der Waals surface area contributed by atoms with Crippen molar-refractivity contribution >= 4 is 27.4 Å². The highest BCUT2D eigenvalue weighted by Gasteiger charge is 2.20. The molecule has 0 amide bonds. The van der Waals surface area contributed by atoms with E-state index in [0.717, 1.165) is 0 Å². The highest BCUT2D eigenvalue weighted by atomic mass is 16.6. The molecule has 0 aliphatic heterocycles. The van der Waals surface area contributed by atoms with Crippen molar-refractivity contribution in [3.8, 4) is 16.9 Å². The van der Waals surface area contributed by atoms with Gasteiger partial charge in [-0.15, -0.1) is 0 Å². The normalized spacial score (nSPS) is 11.0. The molecule has 122 valence electrons. The summed E-state index contributed by atoms with van der Waals surface area (Å²) < 4.78 is 0. The number of hydrogen-bond acceptors (Lipinski definition) is 4. The van der Waals surface area contributed by atoms with E-state index in [1.54, 1.807) is 54.6 Å². The monoisotopic (exact) mass is 332 g/mol. The number of rotatable bonds is 2. The molecule has 6 nitrogen and oxygen atoms in total. The van der Waals surface area contributed by atoms with Gasteiger partial charge in [-0.05, 0) is 11.6 Å². The summed E-state index contributed by atoms with van der Waals surface area (Å²) in [6, 6.07) is 16.7. The fourth-order valence-electron chi connectivity index (χ4n) is 3.12. The highest BCUT2D eigenvalue weighted by molar-refractivity contribution is 6.12. The molecule has 3 aromatic carbocycles. The van der Waals surface area contributed by atoms with Crippen molar-refractivity contribution in [3.63, 3.8) is 0 Å². The van der Waals surface area contributed by atoms with Gasteiger partial charge in [0.05, 0.1) is 21.4 Å². The Labute approximate surface area is 141 Å². The van der Waals surface area contributed by atoms with E-state index in [9.17, 15) is 20.0 Å². The third-order valence-electron chi connectivity index (χ3n) is 4.24. The second kappa shape index (κ2) is 5.45. The first-order chi connectivity index (χ1) is 12.1. The molecule has 1 heterocycles. The van der Waals surface area contributed by atoms with Crippen LogP contribution in [0.2, 0.25) is 0 Å². The Balaban J connectivity index is 2.20. The quantitative estimate of drug-likeness (QED) is 0.330. The smallest absolute Gasteiger partial charge is 0.278 e. The highest BCUT2D eigenvalue weighted by Crippen LogP contribution is 2.38. The van der Waals surface area contributed by atoms with E-state index >= 15 is 0 Å². The van der Waals surface area contributed by atoms with Crippen LogP contribution in [0.15, 0.2) is 65.5 Å². The van der Waals surface area contributed by atoms with Crippen LogP contribution < -0.4 is 5.56 Å². The second-order valence-corrected chi connectivity index (χ2v) is 5.66. The van der Waals surface area contributed by atoms with Gasteiger partial charge in [-0.2, -0.15) is 0 Å². The Morgan fingerprint density at radius 1 is 0.920 bits per heavy atom. The zero-order valence-electron chi connectivity index (χ0n) is 12.9. The lowest BCUT2D eigenvalue weighted by molar-refractivity contribution is -0.382. The van der Waals surface area contributed by atoms with Crippen molar-refractivity contribution in [1.82, 2.24) is 4.98 Å². The van der Waals surface area contributed by atoms with Crippen LogP contribution in [0.3, 0.4) is 0 Å². The molecule has 0 saturated heterocycles. The molecule has 0 aliphatic carbocycles. The Kier molecular flexibility index (Phi) is 3.25. The maximum absolute atomic E-state index is 12.6. The molecule has 0 spiro atoms. The van der Waals surface area contributed by atoms with Crippen LogP contribution in [0.5, 0.6) is 5.75 Å². The summed E-state index contributed by atoms with van der Waals surface area (Å²) in [5, 5.41) is 23.3. The number of benzene rings is 3. The lowest BCUT2D eigenvalue weighted by Gasteiger charge is -2.10. The van der Waals surface area contributed by atoms with Gasteiger partial charge >= 0.3 is 0 Å². The fourth-order valence-corrected chi connectivity index (χ4v) is 3.12. The molecule has 25 heavy (non-hydrogen) atoms. The molecule has 0 unspecified atom stereocenters. The van der Waals surface area contributed by atoms with Gasteiger partial charge in [0.15, 0.2) is 0 Å². The first kappa shape index (κ1) is 14.9. The van der Waals surface area contributed by atoms with Gasteiger partial charge in [0, 0.05) is 16.8 Å². The van der Waals surface area contributed by atoms with E-state index < -0.39 is 10.5 Å². The van der Waals surface area contributed by atoms with Gasteiger partial charge in [0.2, 0.25) is 0 Å².